The number of nitrogens with one attached hydrogen (secondary N) is 1. The fourth-order valence-electron chi connectivity index (χ4n) is 2.50. The van der Waals surface area contributed by atoms with Gasteiger partial charge in [-0.1, -0.05) is 18.2 Å². The lowest BCUT2D eigenvalue weighted by Gasteiger charge is -2.33. The Kier molecular flexibility index (Phi) is 6.44. The lowest BCUT2D eigenvalue weighted by atomic mass is 10.2. The van der Waals surface area contributed by atoms with Gasteiger partial charge >= 0.3 is 6.03 Å². The number of para-hydroxylation sites is 1. The summed E-state index contributed by atoms with van der Waals surface area (Å²) in [6.07, 6.45) is 1.90. The molecule has 0 unspecified atom stereocenters. The quantitative estimate of drug-likeness (QED) is 0.774. The van der Waals surface area contributed by atoms with Crippen LogP contribution < -0.4 is 10.1 Å². The van der Waals surface area contributed by atoms with Gasteiger partial charge in [-0.05, 0) is 25.0 Å². The van der Waals surface area contributed by atoms with Crippen LogP contribution in [0.2, 0.25) is 0 Å². The molecule has 8 heteroatoms. The van der Waals surface area contributed by atoms with E-state index in [4.69, 9.17) is 4.74 Å². The van der Waals surface area contributed by atoms with E-state index in [9.17, 15) is 13.2 Å². The molecule has 0 atom stereocenters. The van der Waals surface area contributed by atoms with Crippen molar-refractivity contribution >= 4 is 16.1 Å². The molecule has 1 aliphatic rings. The first-order chi connectivity index (χ1) is 11.4. The van der Waals surface area contributed by atoms with Crippen LogP contribution in [0.1, 0.15) is 12.0 Å². The molecule has 0 aliphatic carbocycles. The molecular formula is C16H25N3O4S. The third kappa shape index (κ3) is 5.38. The van der Waals surface area contributed by atoms with Crippen molar-refractivity contribution in [2.24, 2.45) is 0 Å². The van der Waals surface area contributed by atoms with Crippen LogP contribution in [0.4, 0.5) is 4.79 Å². The standard InChI is InChI=1S/C16H25N3O4S/c1-14-6-3-4-7-15(14)23-13-5-8-17-16(20)18-9-11-19(12-10-18)24(2,21)22/h3-4,6-7H,5,8-13H2,1-2H3,(H,17,20). The Morgan fingerprint density at radius 3 is 2.50 bits per heavy atom. The van der Waals surface area contributed by atoms with Crippen molar-refractivity contribution in [3.05, 3.63) is 29.8 Å². The molecule has 0 bridgehead atoms. The maximum absolute atomic E-state index is 12.0. The van der Waals surface area contributed by atoms with Gasteiger partial charge in [-0.25, -0.2) is 13.2 Å². The average Bonchev–Trinajstić information content (AvgIpc) is 2.55. The summed E-state index contributed by atoms with van der Waals surface area (Å²) in [4.78, 5) is 13.7. The maximum Gasteiger partial charge on any atom is 0.317 e. The van der Waals surface area contributed by atoms with Crippen molar-refractivity contribution < 1.29 is 17.9 Å². The van der Waals surface area contributed by atoms with E-state index in [2.05, 4.69) is 5.32 Å². The van der Waals surface area contributed by atoms with Gasteiger partial charge in [0, 0.05) is 32.7 Å². The molecule has 24 heavy (non-hydrogen) atoms. The van der Waals surface area contributed by atoms with Crippen LogP contribution in [0, 0.1) is 6.92 Å². The normalized spacial score (nSPS) is 16.0. The van der Waals surface area contributed by atoms with Gasteiger partial charge in [0.25, 0.3) is 0 Å². The van der Waals surface area contributed by atoms with Crippen LogP contribution in [0.25, 0.3) is 0 Å². The minimum absolute atomic E-state index is 0.154. The van der Waals surface area contributed by atoms with Crippen molar-refractivity contribution in [2.75, 3.05) is 45.6 Å². The minimum Gasteiger partial charge on any atom is -0.493 e. The second-order valence-corrected chi connectivity index (χ2v) is 7.83. The Morgan fingerprint density at radius 1 is 1.21 bits per heavy atom. The number of aryl methyl sites for hydroxylation is 1. The molecule has 0 saturated carbocycles. The molecule has 2 amide bonds. The van der Waals surface area contributed by atoms with Gasteiger partial charge in [0.2, 0.25) is 10.0 Å². The minimum atomic E-state index is -3.17. The Hall–Kier alpha value is -1.80. The van der Waals surface area contributed by atoms with Crippen LogP contribution >= 0.6 is 0 Å². The molecule has 0 spiro atoms. The molecule has 1 aromatic rings. The molecule has 1 saturated heterocycles. The van der Waals surface area contributed by atoms with Gasteiger partial charge in [0.05, 0.1) is 12.9 Å². The number of piperazine rings is 1. The van der Waals surface area contributed by atoms with Gasteiger partial charge in [-0.15, -0.1) is 0 Å². The summed E-state index contributed by atoms with van der Waals surface area (Å²) >= 11 is 0. The highest BCUT2D eigenvalue weighted by Crippen LogP contribution is 2.16. The third-order valence-electron chi connectivity index (χ3n) is 3.94. The number of sulfonamides is 1. The van der Waals surface area contributed by atoms with E-state index in [0.29, 0.717) is 45.8 Å². The van der Waals surface area contributed by atoms with Crippen LogP contribution in [0.5, 0.6) is 5.75 Å². The summed E-state index contributed by atoms with van der Waals surface area (Å²) in [6, 6.07) is 7.66. The largest absolute Gasteiger partial charge is 0.493 e. The van der Waals surface area contributed by atoms with Crippen LogP contribution in [0.15, 0.2) is 24.3 Å². The number of hydrogen-bond acceptors (Lipinski definition) is 4. The van der Waals surface area contributed by atoms with Crippen LogP contribution in [0.3, 0.4) is 0 Å². The Labute approximate surface area is 143 Å². The highest BCUT2D eigenvalue weighted by atomic mass is 32.2. The number of rotatable bonds is 6. The molecule has 1 fully saturated rings. The number of carbonyl (C=O) groups excluding carboxylic acids is 1. The molecule has 0 aromatic heterocycles. The van der Waals surface area contributed by atoms with Gasteiger partial charge in [-0.3, -0.25) is 0 Å². The Bertz CT molecular complexity index is 655. The summed E-state index contributed by atoms with van der Waals surface area (Å²) in [5.41, 5.74) is 1.09. The molecule has 0 radical (unpaired) electrons. The Morgan fingerprint density at radius 2 is 1.88 bits per heavy atom. The van der Waals surface area contributed by atoms with E-state index in [-0.39, 0.29) is 6.03 Å². The van der Waals surface area contributed by atoms with Crippen molar-refractivity contribution in [3.8, 4) is 5.75 Å². The number of hydrogen-bond donors (Lipinski definition) is 1. The summed E-state index contributed by atoms with van der Waals surface area (Å²) in [5.74, 6) is 0.862. The van der Waals surface area contributed by atoms with E-state index < -0.39 is 10.0 Å². The maximum atomic E-state index is 12.0. The predicted molar refractivity (Wildman–Crippen MR) is 92.7 cm³/mol. The van der Waals surface area contributed by atoms with Crippen LogP contribution in [-0.2, 0) is 10.0 Å². The van der Waals surface area contributed by atoms with E-state index in [0.717, 1.165) is 11.3 Å². The van der Waals surface area contributed by atoms with Gasteiger partial charge < -0.3 is 15.0 Å². The summed E-state index contributed by atoms with van der Waals surface area (Å²) < 4.78 is 30.0. The first-order valence-corrected chi connectivity index (χ1v) is 9.89. The monoisotopic (exact) mass is 355 g/mol. The number of carbonyl (C=O) groups is 1. The first-order valence-electron chi connectivity index (χ1n) is 8.04. The highest BCUT2D eigenvalue weighted by Gasteiger charge is 2.25. The zero-order chi connectivity index (χ0) is 17.6. The van der Waals surface area contributed by atoms with Crippen LogP contribution in [-0.4, -0.2) is 69.2 Å². The average molecular weight is 355 g/mol. The van der Waals surface area contributed by atoms with Crippen molar-refractivity contribution in [2.45, 2.75) is 13.3 Å². The molecule has 1 heterocycles. The van der Waals surface area contributed by atoms with E-state index in [1.807, 2.05) is 31.2 Å². The number of nitrogens with zero attached hydrogens (tertiary/aromatic N) is 2. The number of benzene rings is 1. The van der Waals surface area contributed by atoms with E-state index in [1.165, 1.54) is 10.6 Å². The lowest BCUT2D eigenvalue weighted by Crippen LogP contribution is -2.53. The second-order valence-electron chi connectivity index (χ2n) is 5.85. The van der Waals surface area contributed by atoms with Gasteiger partial charge in [0.15, 0.2) is 0 Å². The smallest absolute Gasteiger partial charge is 0.317 e. The molecule has 2 rings (SSSR count). The second kappa shape index (κ2) is 8.34. The zero-order valence-electron chi connectivity index (χ0n) is 14.2. The molecule has 7 nitrogen and oxygen atoms in total. The highest BCUT2D eigenvalue weighted by molar-refractivity contribution is 7.88. The number of amides is 2. The first kappa shape index (κ1) is 18.5. The fourth-order valence-corrected chi connectivity index (χ4v) is 3.33. The zero-order valence-corrected chi connectivity index (χ0v) is 15.0. The summed E-state index contributed by atoms with van der Waals surface area (Å²) in [6.45, 7) is 4.58. The fraction of sp³-hybridized carbons (Fsp3) is 0.562. The molecular weight excluding hydrogens is 330 g/mol. The molecule has 1 N–H and O–H groups in total. The summed E-state index contributed by atoms with van der Waals surface area (Å²) in [7, 11) is -3.17. The number of urea groups is 1. The SMILES string of the molecule is Cc1ccccc1OCCCNC(=O)N1CCN(S(C)(=O)=O)CC1. The molecule has 1 aliphatic heterocycles. The third-order valence-corrected chi connectivity index (χ3v) is 5.25. The van der Waals surface area contributed by atoms with Crippen molar-refractivity contribution in [1.82, 2.24) is 14.5 Å². The topological polar surface area (TPSA) is 79.0 Å². The lowest BCUT2D eigenvalue weighted by molar-refractivity contribution is 0.172. The van der Waals surface area contributed by atoms with Crippen molar-refractivity contribution in [3.63, 3.8) is 0 Å². The van der Waals surface area contributed by atoms with E-state index >= 15 is 0 Å². The van der Waals surface area contributed by atoms with Gasteiger partial charge in [-0.2, -0.15) is 4.31 Å². The predicted octanol–water partition coefficient (Wildman–Crippen LogP) is 1.05. The van der Waals surface area contributed by atoms with Crippen molar-refractivity contribution in [1.29, 1.82) is 0 Å². The van der Waals surface area contributed by atoms with Gasteiger partial charge in [0.1, 0.15) is 5.75 Å². The molecule has 134 valence electrons. The Balaban J connectivity index is 1.63. The summed E-state index contributed by atoms with van der Waals surface area (Å²) in [5, 5.41) is 2.85. The number of ether oxygens (including phenoxy) is 1. The molecule has 1 aromatic carbocycles. The van der Waals surface area contributed by atoms with E-state index in [1.54, 1.807) is 4.90 Å².